The molecule has 6 heteroatoms. The lowest BCUT2D eigenvalue weighted by atomic mass is 9.80. The third-order valence-electron chi connectivity index (χ3n) is 4.34. The van der Waals surface area contributed by atoms with Crippen LogP contribution in [0.2, 0.25) is 0 Å². The van der Waals surface area contributed by atoms with Gasteiger partial charge >= 0.3 is 5.97 Å². The van der Waals surface area contributed by atoms with Gasteiger partial charge in [-0.15, -0.1) is 0 Å². The number of ketones is 1. The van der Waals surface area contributed by atoms with E-state index in [-0.39, 0.29) is 29.3 Å². The van der Waals surface area contributed by atoms with E-state index in [1.165, 1.54) is 6.92 Å². The number of carbonyl (C=O) groups excluding carboxylic acids is 2. The second-order valence-corrected chi connectivity index (χ2v) is 7.08. The van der Waals surface area contributed by atoms with Crippen molar-refractivity contribution in [1.82, 2.24) is 0 Å². The summed E-state index contributed by atoms with van der Waals surface area (Å²) >= 11 is 3.36. The average Bonchev–Trinajstić information content (AvgIpc) is 2.68. The van der Waals surface area contributed by atoms with Gasteiger partial charge in [-0.05, 0) is 31.5 Å². The Morgan fingerprint density at radius 2 is 1.71 bits per heavy atom. The standard InChI is InChI=1S/C22H18BrFO4/c1-3-27-22(26)19-18(14-9-11-16(23)12-10-14)17(13(2)25)20(28-21(19)24)15-7-5-4-6-8-15/h4-12,18H,3H2,1-2H3. The summed E-state index contributed by atoms with van der Waals surface area (Å²) in [5, 5.41) is 0. The number of allylic oxidation sites excluding steroid dienone is 1. The molecule has 4 nitrogen and oxygen atoms in total. The SMILES string of the molecule is CCOC(=O)C1=C(F)OC(c2ccccc2)=C(C(C)=O)C1c1ccc(Br)cc1. The molecular formula is C22H18BrFO4. The molecule has 0 aliphatic carbocycles. The highest BCUT2D eigenvalue weighted by atomic mass is 79.9. The van der Waals surface area contributed by atoms with Gasteiger partial charge < -0.3 is 9.47 Å². The van der Waals surface area contributed by atoms with Gasteiger partial charge in [-0.1, -0.05) is 58.4 Å². The Morgan fingerprint density at radius 3 is 2.29 bits per heavy atom. The average molecular weight is 445 g/mol. The molecular weight excluding hydrogens is 427 g/mol. The van der Waals surface area contributed by atoms with E-state index >= 15 is 4.39 Å². The number of halogens is 2. The molecule has 0 aromatic heterocycles. The van der Waals surface area contributed by atoms with Gasteiger partial charge in [0.1, 0.15) is 11.3 Å². The Bertz CT molecular complexity index is 962. The number of esters is 1. The summed E-state index contributed by atoms with van der Waals surface area (Å²) in [5.74, 6) is -2.00. The summed E-state index contributed by atoms with van der Waals surface area (Å²) in [6.07, 6.45) is 0. The van der Waals surface area contributed by atoms with Crippen LogP contribution in [0.15, 0.2) is 76.2 Å². The van der Waals surface area contributed by atoms with Crippen LogP contribution in [0.4, 0.5) is 4.39 Å². The Kier molecular flexibility index (Phi) is 6.09. The second kappa shape index (κ2) is 8.52. The van der Waals surface area contributed by atoms with E-state index in [1.54, 1.807) is 55.5 Å². The molecule has 0 saturated heterocycles. The molecule has 144 valence electrons. The molecule has 1 unspecified atom stereocenters. The predicted molar refractivity (Wildman–Crippen MR) is 107 cm³/mol. The van der Waals surface area contributed by atoms with Crippen molar-refractivity contribution in [2.45, 2.75) is 19.8 Å². The molecule has 2 aromatic carbocycles. The zero-order chi connectivity index (χ0) is 20.3. The summed E-state index contributed by atoms with van der Waals surface area (Å²) in [6, 6.07) is 14.7. The quantitative estimate of drug-likeness (QED) is 0.586. The third kappa shape index (κ3) is 3.92. The maximum Gasteiger partial charge on any atom is 0.341 e. The summed E-state index contributed by atoms with van der Waals surface area (Å²) in [4.78, 5) is 25.1. The van der Waals surface area contributed by atoms with E-state index in [9.17, 15) is 9.59 Å². The van der Waals surface area contributed by atoms with E-state index in [0.29, 0.717) is 11.1 Å². The Hall–Kier alpha value is -2.73. The highest BCUT2D eigenvalue weighted by Gasteiger charge is 2.40. The lowest BCUT2D eigenvalue weighted by Crippen LogP contribution is -2.25. The van der Waals surface area contributed by atoms with Gasteiger partial charge in [-0.3, -0.25) is 4.79 Å². The Labute approximate surface area is 170 Å². The second-order valence-electron chi connectivity index (χ2n) is 6.16. The van der Waals surface area contributed by atoms with Crippen molar-refractivity contribution >= 4 is 33.4 Å². The molecule has 0 radical (unpaired) electrons. The van der Waals surface area contributed by atoms with Gasteiger partial charge in [0.15, 0.2) is 5.78 Å². The van der Waals surface area contributed by atoms with E-state index < -0.39 is 17.9 Å². The zero-order valence-corrected chi connectivity index (χ0v) is 17.0. The van der Waals surface area contributed by atoms with Crippen molar-refractivity contribution in [3.05, 3.63) is 87.4 Å². The maximum absolute atomic E-state index is 15.0. The fourth-order valence-corrected chi connectivity index (χ4v) is 3.42. The van der Waals surface area contributed by atoms with Crippen molar-refractivity contribution in [3.63, 3.8) is 0 Å². The summed E-state index contributed by atoms with van der Waals surface area (Å²) in [6.45, 7) is 3.08. The minimum Gasteiger partial charge on any atom is -0.462 e. The van der Waals surface area contributed by atoms with Crippen LogP contribution in [0.25, 0.3) is 5.76 Å². The molecule has 1 heterocycles. The lowest BCUT2D eigenvalue weighted by molar-refractivity contribution is -0.139. The first-order chi connectivity index (χ1) is 13.4. The normalized spacial score (nSPS) is 16.6. The summed E-state index contributed by atoms with van der Waals surface area (Å²) in [5.41, 5.74) is 1.03. The molecule has 0 amide bonds. The van der Waals surface area contributed by atoms with Crippen molar-refractivity contribution in [3.8, 4) is 0 Å². The first-order valence-corrected chi connectivity index (χ1v) is 9.54. The molecule has 1 atom stereocenters. The molecule has 1 aliphatic heterocycles. The van der Waals surface area contributed by atoms with Gasteiger partial charge in [0.05, 0.1) is 18.1 Å². The number of carbonyl (C=O) groups is 2. The van der Waals surface area contributed by atoms with E-state index in [0.717, 1.165) is 4.47 Å². The number of benzene rings is 2. The van der Waals surface area contributed by atoms with Crippen LogP contribution in [0, 0.1) is 0 Å². The third-order valence-corrected chi connectivity index (χ3v) is 4.87. The summed E-state index contributed by atoms with van der Waals surface area (Å²) < 4.78 is 26.2. The molecule has 3 rings (SSSR count). The van der Waals surface area contributed by atoms with Gasteiger partial charge in [0.25, 0.3) is 6.01 Å². The fourth-order valence-electron chi connectivity index (χ4n) is 3.15. The monoisotopic (exact) mass is 444 g/mol. The Balaban J connectivity index is 2.26. The fraction of sp³-hybridized carbons (Fsp3) is 0.182. The van der Waals surface area contributed by atoms with Gasteiger partial charge in [-0.25, -0.2) is 4.79 Å². The number of hydrogen-bond acceptors (Lipinski definition) is 4. The van der Waals surface area contributed by atoms with Gasteiger partial charge in [0, 0.05) is 10.0 Å². The minimum atomic E-state index is -1.06. The highest BCUT2D eigenvalue weighted by Crippen LogP contribution is 2.44. The highest BCUT2D eigenvalue weighted by molar-refractivity contribution is 9.10. The number of hydrogen-bond donors (Lipinski definition) is 0. The van der Waals surface area contributed by atoms with E-state index in [2.05, 4.69) is 15.9 Å². The topological polar surface area (TPSA) is 52.6 Å². The zero-order valence-electron chi connectivity index (χ0n) is 15.4. The first kappa shape index (κ1) is 20.0. The van der Waals surface area contributed by atoms with Crippen LogP contribution in [0.1, 0.15) is 30.9 Å². The molecule has 0 N–H and O–H groups in total. The van der Waals surface area contributed by atoms with Crippen LogP contribution < -0.4 is 0 Å². The van der Waals surface area contributed by atoms with E-state index in [1.807, 2.05) is 6.07 Å². The molecule has 0 saturated carbocycles. The molecule has 2 aromatic rings. The molecule has 28 heavy (non-hydrogen) atoms. The van der Waals surface area contributed by atoms with Crippen molar-refractivity contribution in [2.75, 3.05) is 6.61 Å². The van der Waals surface area contributed by atoms with Crippen molar-refractivity contribution in [1.29, 1.82) is 0 Å². The van der Waals surface area contributed by atoms with Crippen LogP contribution in [0.5, 0.6) is 0 Å². The first-order valence-electron chi connectivity index (χ1n) is 8.74. The predicted octanol–water partition coefficient (Wildman–Crippen LogP) is 5.31. The van der Waals surface area contributed by atoms with Gasteiger partial charge in [-0.2, -0.15) is 4.39 Å². The van der Waals surface area contributed by atoms with Crippen molar-refractivity contribution in [2.24, 2.45) is 0 Å². The Morgan fingerprint density at radius 1 is 1.07 bits per heavy atom. The molecule has 1 aliphatic rings. The maximum atomic E-state index is 15.0. The minimum absolute atomic E-state index is 0.0767. The lowest BCUT2D eigenvalue weighted by Gasteiger charge is -2.28. The van der Waals surface area contributed by atoms with Gasteiger partial charge in [0.2, 0.25) is 0 Å². The van der Waals surface area contributed by atoms with Crippen LogP contribution in [-0.4, -0.2) is 18.4 Å². The van der Waals surface area contributed by atoms with E-state index in [4.69, 9.17) is 9.47 Å². The van der Waals surface area contributed by atoms with Crippen LogP contribution in [-0.2, 0) is 19.1 Å². The summed E-state index contributed by atoms with van der Waals surface area (Å²) in [7, 11) is 0. The van der Waals surface area contributed by atoms with Crippen LogP contribution >= 0.6 is 15.9 Å². The number of ether oxygens (including phenoxy) is 2. The smallest absolute Gasteiger partial charge is 0.341 e. The van der Waals surface area contributed by atoms with Crippen molar-refractivity contribution < 1.29 is 23.5 Å². The largest absolute Gasteiger partial charge is 0.462 e. The molecule has 0 bridgehead atoms. The number of Topliss-reactive ketones (excluding diaryl/α,β-unsaturated/α-hetero) is 1. The molecule has 0 spiro atoms. The molecule has 0 fully saturated rings. The van der Waals surface area contributed by atoms with Crippen LogP contribution in [0.3, 0.4) is 0 Å². The number of rotatable bonds is 5.